The molecule has 1 amide bonds. The van der Waals surface area contributed by atoms with Crippen molar-refractivity contribution in [3.05, 3.63) is 0 Å². The summed E-state index contributed by atoms with van der Waals surface area (Å²) >= 11 is 0. The third-order valence-electron chi connectivity index (χ3n) is 1.72. The molecule has 0 aromatic rings. The molecule has 88 valence electrons. The number of carbonyl (C=O) groups is 2. The van der Waals surface area contributed by atoms with E-state index in [0.29, 0.717) is 19.8 Å². The van der Waals surface area contributed by atoms with Gasteiger partial charge in [-0.1, -0.05) is 0 Å². The summed E-state index contributed by atoms with van der Waals surface area (Å²) in [4.78, 5) is 22.0. The zero-order valence-electron chi connectivity index (χ0n) is 9.12. The Bertz CT molecular complexity index is 208. The predicted molar refractivity (Wildman–Crippen MR) is 54.1 cm³/mol. The molecular weight excluding hydrogens is 200 g/mol. The normalized spacial score (nSPS) is 12.1. The van der Waals surface area contributed by atoms with E-state index in [1.54, 1.807) is 14.0 Å². The number of amides is 1. The van der Waals surface area contributed by atoms with E-state index in [-0.39, 0.29) is 6.42 Å². The zero-order valence-corrected chi connectivity index (χ0v) is 9.12. The van der Waals surface area contributed by atoms with Gasteiger partial charge in [0.1, 0.15) is 0 Å². The monoisotopic (exact) mass is 218 g/mol. The Hall–Kier alpha value is -1.14. The molecule has 6 heteroatoms. The van der Waals surface area contributed by atoms with Crippen molar-refractivity contribution in [1.82, 2.24) is 5.32 Å². The van der Waals surface area contributed by atoms with Gasteiger partial charge in [0.15, 0.2) is 0 Å². The smallest absolute Gasteiger partial charge is 0.307 e. The van der Waals surface area contributed by atoms with Crippen LogP contribution in [0.5, 0.6) is 0 Å². The van der Waals surface area contributed by atoms with Crippen molar-refractivity contribution in [2.45, 2.75) is 19.4 Å². The molecule has 0 spiro atoms. The summed E-state index contributed by atoms with van der Waals surface area (Å²) in [7, 11) is 1.55. The first-order valence-corrected chi connectivity index (χ1v) is 4.79. The van der Waals surface area contributed by atoms with E-state index in [9.17, 15) is 9.59 Å². The molecule has 0 aliphatic heterocycles. The van der Waals surface area contributed by atoms with Crippen molar-refractivity contribution in [1.29, 1.82) is 0 Å². The average Bonchev–Trinajstić information content (AvgIpc) is 2.16. The van der Waals surface area contributed by atoms with Crippen LogP contribution >= 0.6 is 0 Å². The fraction of sp³-hybridized carbons (Fsp3) is 0.778. The lowest BCUT2D eigenvalue weighted by Crippen LogP contribution is -2.44. The third kappa shape index (κ3) is 6.87. The number of rotatable bonds is 8. The van der Waals surface area contributed by atoms with Crippen LogP contribution < -0.4 is 11.1 Å². The summed E-state index contributed by atoms with van der Waals surface area (Å²) in [6, 6.07) is -0.695. The highest BCUT2D eigenvalue weighted by atomic mass is 16.5. The van der Waals surface area contributed by atoms with Gasteiger partial charge in [-0.2, -0.15) is 0 Å². The van der Waals surface area contributed by atoms with E-state index in [1.165, 1.54) is 0 Å². The van der Waals surface area contributed by atoms with Crippen molar-refractivity contribution < 1.29 is 19.1 Å². The van der Waals surface area contributed by atoms with Crippen molar-refractivity contribution in [2.75, 3.05) is 26.9 Å². The first-order chi connectivity index (χ1) is 7.11. The first-order valence-electron chi connectivity index (χ1n) is 4.79. The van der Waals surface area contributed by atoms with Gasteiger partial charge in [0.25, 0.3) is 0 Å². The number of nitrogens with two attached hydrogens (primary N) is 1. The summed E-state index contributed by atoms with van der Waals surface area (Å²) in [5.41, 5.74) is 5.11. The number of carbonyl (C=O) groups excluding carboxylic acids is 2. The van der Waals surface area contributed by atoms with E-state index >= 15 is 0 Å². The Morgan fingerprint density at radius 2 is 2.13 bits per heavy atom. The minimum absolute atomic E-state index is 0.0487. The molecule has 0 aromatic heterocycles. The van der Waals surface area contributed by atoms with Crippen LogP contribution in [0.25, 0.3) is 0 Å². The highest BCUT2D eigenvalue weighted by Crippen LogP contribution is 1.94. The van der Waals surface area contributed by atoms with Gasteiger partial charge in [-0.3, -0.25) is 9.59 Å². The summed E-state index contributed by atoms with van der Waals surface area (Å²) < 4.78 is 9.50. The fourth-order valence-corrected chi connectivity index (χ4v) is 0.995. The molecule has 3 N–H and O–H groups in total. The molecule has 6 nitrogen and oxygen atoms in total. The molecule has 0 fully saturated rings. The highest BCUT2D eigenvalue weighted by molar-refractivity contribution is 5.85. The van der Waals surface area contributed by atoms with E-state index in [1.807, 2.05) is 0 Å². The molecule has 1 atom stereocenters. The zero-order chi connectivity index (χ0) is 11.7. The van der Waals surface area contributed by atoms with Crippen molar-refractivity contribution >= 4 is 11.9 Å². The Morgan fingerprint density at radius 1 is 1.47 bits per heavy atom. The van der Waals surface area contributed by atoms with Crippen molar-refractivity contribution in [2.24, 2.45) is 5.73 Å². The van der Waals surface area contributed by atoms with Gasteiger partial charge in [0.05, 0.1) is 25.7 Å². The molecule has 0 aliphatic rings. The van der Waals surface area contributed by atoms with Crippen molar-refractivity contribution in [3.63, 3.8) is 0 Å². The molecule has 1 unspecified atom stereocenters. The van der Waals surface area contributed by atoms with Crippen LogP contribution in [0.2, 0.25) is 0 Å². The maximum absolute atomic E-state index is 11.1. The van der Waals surface area contributed by atoms with E-state index in [2.05, 4.69) is 5.32 Å². The van der Waals surface area contributed by atoms with Gasteiger partial charge in [0.2, 0.25) is 5.91 Å². The number of esters is 1. The van der Waals surface area contributed by atoms with Gasteiger partial charge < -0.3 is 20.5 Å². The summed E-state index contributed by atoms with van der Waals surface area (Å²) in [6.07, 6.45) is -0.0487. The highest BCUT2D eigenvalue weighted by Gasteiger charge is 2.19. The Kier molecular flexibility index (Phi) is 7.57. The largest absolute Gasteiger partial charge is 0.466 e. The Morgan fingerprint density at radius 3 is 2.60 bits per heavy atom. The maximum atomic E-state index is 11.1. The standard InChI is InChI=1S/C9H18N2O4/c1-3-15-8(12)6-7(9(10)13)11-4-5-14-2/h7,11H,3-6H2,1-2H3,(H2,10,13). The summed E-state index contributed by atoms with van der Waals surface area (Å²) in [5, 5.41) is 2.81. The second kappa shape index (κ2) is 8.19. The molecule has 0 aromatic carbocycles. The lowest BCUT2D eigenvalue weighted by molar-refractivity contribution is -0.145. The Balaban J connectivity index is 3.93. The van der Waals surface area contributed by atoms with E-state index < -0.39 is 17.9 Å². The number of ether oxygens (including phenoxy) is 2. The minimum Gasteiger partial charge on any atom is -0.466 e. The topological polar surface area (TPSA) is 90.7 Å². The molecule has 0 bridgehead atoms. The first kappa shape index (κ1) is 13.9. The SMILES string of the molecule is CCOC(=O)CC(NCCOC)C(N)=O. The average molecular weight is 218 g/mol. The van der Waals surface area contributed by atoms with Crippen LogP contribution in [0.4, 0.5) is 0 Å². The lowest BCUT2D eigenvalue weighted by Gasteiger charge is -2.13. The molecule has 0 aliphatic carbocycles. The number of hydrogen-bond acceptors (Lipinski definition) is 5. The molecule has 0 saturated carbocycles. The molecule has 0 heterocycles. The minimum atomic E-state index is -0.695. The second-order valence-electron chi connectivity index (χ2n) is 2.91. The van der Waals surface area contributed by atoms with Gasteiger partial charge in [-0.15, -0.1) is 0 Å². The molecular formula is C9H18N2O4. The fourth-order valence-electron chi connectivity index (χ4n) is 0.995. The van der Waals surface area contributed by atoms with E-state index in [0.717, 1.165) is 0 Å². The quantitative estimate of drug-likeness (QED) is 0.404. The van der Waals surface area contributed by atoms with Crippen LogP contribution in [0.1, 0.15) is 13.3 Å². The van der Waals surface area contributed by atoms with Crippen molar-refractivity contribution in [3.8, 4) is 0 Å². The number of hydrogen-bond donors (Lipinski definition) is 2. The number of methoxy groups -OCH3 is 1. The summed E-state index contributed by atoms with van der Waals surface area (Å²) in [5.74, 6) is -1.01. The van der Waals surface area contributed by atoms with Crippen LogP contribution in [0.3, 0.4) is 0 Å². The lowest BCUT2D eigenvalue weighted by atomic mass is 10.2. The molecule has 0 radical (unpaired) electrons. The van der Waals surface area contributed by atoms with Gasteiger partial charge in [0, 0.05) is 13.7 Å². The summed E-state index contributed by atoms with van der Waals surface area (Å²) in [6.45, 7) is 2.91. The van der Waals surface area contributed by atoms with Crippen LogP contribution in [0, 0.1) is 0 Å². The maximum Gasteiger partial charge on any atom is 0.307 e. The number of nitrogens with one attached hydrogen (secondary N) is 1. The van der Waals surface area contributed by atoms with Crippen LogP contribution in [-0.2, 0) is 19.1 Å². The van der Waals surface area contributed by atoms with Crippen LogP contribution in [0.15, 0.2) is 0 Å². The molecule has 0 rings (SSSR count). The van der Waals surface area contributed by atoms with Gasteiger partial charge in [-0.25, -0.2) is 0 Å². The van der Waals surface area contributed by atoms with Gasteiger partial charge >= 0.3 is 5.97 Å². The van der Waals surface area contributed by atoms with Crippen LogP contribution in [-0.4, -0.2) is 44.8 Å². The second-order valence-corrected chi connectivity index (χ2v) is 2.91. The molecule has 0 saturated heterocycles. The predicted octanol–water partition coefficient (Wildman–Crippen LogP) is -0.970. The van der Waals surface area contributed by atoms with E-state index in [4.69, 9.17) is 15.2 Å². The number of primary amides is 1. The van der Waals surface area contributed by atoms with Gasteiger partial charge in [-0.05, 0) is 6.92 Å². The Labute approximate surface area is 89.1 Å². The third-order valence-corrected chi connectivity index (χ3v) is 1.72. The molecule has 15 heavy (non-hydrogen) atoms.